The highest BCUT2D eigenvalue weighted by molar-refractivity contribution is 7.98. The van der Waals surface area contributed by atoms with Crippen molar-refractivity contribution in [3.05, 3.63) is 184 Å². The van der Waals surface area contributed by atoms with Crippen molar-refractivity contribution in [3.8, 4) is 22.3 Å². The van der Waals surface area contributed by atoms with Crippen molar-refractivity contribution in [2.45, 2.75) is 102 Å². The van der Waals surface area contributed by atoms with Gasteiger partial charge in [-0.1, -0.05) is 110 Å². The first kappa shape index (κ1) is 53.4. The molecule has 2 aliphatic rings. The van der Waals surface area contributed by atoms with Gasteiger partial charge in [-0.15, -0.1) is 11.8 Å². The number of benzene rings is 6. The van der Waals surface area contributed by atoms with Gasteiger partial charge in [0, 0.05) is 15.7 Å². The molecule has 11 heteroatoms. The second-order valence-electron chi connectivity index (χ2n) is 18.1. The van der Waals surface area contributed by atoms with Gasteiger partial charge in [-0.2, -0.15) is 26.3 Å². The van der Waals surface area contributed by atoms with Gasteiger partial charge in [0.15, 0.2) is 0 Å². The molecule has 0 aliphatic carbocycles. The van der Waals surface area contributed by atoms with Crippen LogP contribution in [-0.4, -0.2) is 45.6 Å². The molecule has 0 aromatic heterocycles. The van der Waals surface area contributed by atoms with Crippen molar-refractivity contribution in [2.75, 3.05) is 45.6 Å². The van der Waals surface area contributed by atoms with Crippen LogP contribution in [0.2, 0.25) is 0 Å². The highest BCUT2D eigenvalue weighted by Gasteiger charge is 2.37. The number of nitrogens with one attached hydrogen (secondary N) is 2. The van der Waals surface area contributed by atoms with E-state index in [2.05, 4.69) is 34.9 Å². The number of aryl methyl sites for hydroxylation is 3. The minimum atomic E-state index is -4.42. The standard InChI is InChI=1S/C29H32F3NO.C27H28F3NOS.C2H6/c1-20-13-21(2)27(22(3)14-20)24-15-23(16-26(17-24)29(30,31)32)18-34-19-28(9-11-33-12-10-28)25-7-5-4-6-8-25;1-33-25-10-6-5-9-24(25)21-15-20(16-23(17-21)27(28,29)30)18-32-19-26(11-13-31-14-12-26)22-7-3-2-4-8-22;1-2/h4-8,13-17,33H,9-12,18-19H2,1-3H3;2-10,15-17,31H,11-14,18-19H2,1H3;1-2H3. The smallest absolute Gasteiger partial charge is 0.376 e. The molecule has 0 spiro atoms. The summed E-state index contributed by atoms with van der Waals surface area (Å²) in [6, 6.07) is 40.8. The SMILES string of the molecule is CC.CSc1ccccc1-c1cc(COCC2(c3ccccc3)CCNCC2)cc(C(F)(F)F)c1.Cc1cc(C)c(-c2cc(COCC3(c4ccccc4)CCNCC3)cc(C(F)(F)F)c2)c(C)c1. The maximum absolute atomic E-state index is 13.8. The van der Waals surface area contributed by atoms with Crippen LogP contribution in [0.25, 0.3) is 22.3 Å². The molecule has 368 valence electrons. The van der Waals surface area contributed by atoms with E-state index >= 15 is 0 Å². The molecule has 6 aromatic carbocycles. The Hall–Kier alpha value is -4.91. The van der Waals surface area contributed by atoms with E-state index in [1.807, 2.05) is 126 Å². The summed E-state index contributed by atoms with van der Waals surface area (Å²) in [6.45, 7) is 14.7. The summed E-state index contributed by atoms with van der Waals surface area (Å²) in [6.07, 6.45) is -3.16. The van der Waals surface area contributed by atoms with Crippen LogP contribution in [0.1, 0.15) is 89.6 Å². The van der Waals surface area contributed by atoms with Crippen LogP contribution in [0, 0.1) is 20.8 Å². The molecule has 8 rings (SSSR count). The van der Waals surface area contributed by atoms with Crippen molar-refractivity contribution in [1.29, 1.82) is 0 Å². The normalized spacial score (nSPS) is 15.6. The van der Waals surface area contributed by atoms with Gasteiger partial charge in [-0.3, -0.25) is 0 Å². The molecule has 69 heavy (non-hydrogen) atoms. The lowest BCUT2D eigenvalue weighted by Gasteiger charge is -2.38. The van der Waals surface area contributed by atoms with Crippen molar-refractivity contribution < 1.29 is 35.8 Å². The van der Waals surface area contributed by atoms with Gasteiger partial charge in [0.05, 0.1) is 37.6 Å². The van der Waals surface area contributed by atoms with Crippen molar-refractivity contribution in [3.63, 3.8) is 0 Å². The molecule has 0 bridgehead atoms. The van der Waals surface area contributed by atoms with E-state index in [4.69, 9.17) is 9.47 Å². The van der Waals surface area contributed by atoms with E-state index in [1.54, 1.807) is 0 Å². The molecule has 0 atom stereocenters. The summed E-state index contributed by atoms with van der Waals surface area (Å²) in [7, 11) is 0. The highest BCUT2D eigenvalue weighted by atomic mass is 32.2. The molecule has 2 heterocycles. The predicted octanol–water partition coefficient (Wildman–Crippen LogP) is 15.1. The van der Waals surface area contributed by atoms with Gasteiger partial charge in [0.25, 0.3) is 0 Å². The Morgan fingerprint density at radius 1 is 0.522 bits per heavy atom. The number of ether oxygens (including phenoxy) is 2. The first-order chi connectivity index (χ1) is 33.1. The summed E-state index contributed by atoms with van der Waals surface area (Å²) in [5.41, 5.74) is 7.86. The second kappa shape index (κ2) is 24.3. The van der Waals surface area contributed by atoms with E-state index in [1.165, 1.54) is 47.2 Å². The van der Waals surface area contributed by atoms with Crippen LogP contribution in [0.5, 0.6) is 0 Å². The van der Waals surface area contributed by atoms with Gasteiger partial charge in [-0.25, -0.2) is 0 Å². The average molecular weight is 969 g/mol. The topological polar surface area (TPSA) is 42.5 Å². The Morgan fingerprint density at radius 2 is 0.928 bits per heavy atom. The van der Waals surface area contributed by atoms with E-state index < -0.39 is 23.5 Å². The lowest BCUT2D eigenvalue weighted by atomic mass is 9.74. The van der Waals surface area contributed by atoms with E-state index in [0.717, 1.165) is 84.6 Å². The molecule has 2 fully saturated rings. The van der Waals surface area contributed by atoms with E-state index in [9.17, 15) is 26.3 Å². The minimum Gasteiger partial charge on any atom is -0.376 e. The largest absolute Gasteiger partial charge is 0.416 e. The molecule has 2 aliphatic heterocycles. The molecular formula is C58H66F6N2O2S. The Kier molecular flexibility index (Phi) is 18.8. The summed E-state index contributed by atoms with van der Waals surface area (Å²) in [4.78, 5) is 0.946. The summed E-state index contributed by atoms with van der Waals surface area (Å²) >= 11 is 1.52. The van der Waals surface area contributed by atoms with Gasteiger partial charge >= 0.3 is 12.4 Å². The maximum Gasteiger partial charge on any atom is 0.416 e. The number of piperidine rings is 2. The van der Waals surface area contributed by atoms with Crippen LogP contribution in [0.15, 0.2) is 138 Å². The number of halogens is 6. The first-order valence-corrected chi connectivity index (χ1v) is 25.1. The number of hydrogen-bond donors (Lipinski definition) is 2. The van der Waals surface area contributed by atoms with Gasteiger partial charge in [0.2, 0.25) is 0 Å². The van der Waals surface area contributed by atoms with Crippen molar-refractivity contribution >= 4 is 11.8 Å². The molecule has 0 amide bonds. The highest BCUT2D eigenvalue weighted by Crippen LogP contribution is 2.40. The van der Waals surface area contributed by atoms with E-state index in [-0.39, 0.29) is 24.0 Å². The fourth-order valence-electron chi connectivity index (χ4n) is 9.85. The number of alkyl halides is 6. The first-order valence-electron chi connectivity index (χ1n) is 23.9. The summed E-state index contributed by atoms with van der Waals surface area (Å²) < 4.78 is 94.7. The predicted molar refractivity (Wildman–Crippen MR) is 271 cm³/mol. The van der Waals surface area contributed by atoms with Gasteiger partial charge in [0.1, 0.15) is 0 Å². The third-order valence-electron chi connectivity index (χ3n) is 13.2. The second-order valence-corrected chi connectivity index (χ2v) is 18.9. The van der Waals surface area contributed by atoms with Crippen molar-refractivity contribution in [2.24, 2.45) is 0 Å². The quantitative estimate of drug-likeness (QED) is 0.0892. The van der Waals surface area contributed by atoms with Gasteiger partial charge in [-0.05, 0) is 177 Å². The zero-order valence-electron chi connectivity index (χ0n) is 40.7. The summed E-state index contributed by atoms with van der Waals surface area (Å²) in [5.74, 6) is 0. The minimum absolute atomic E-state index is 0.123. The van der Waals surface area contributed by atoms with Crippen LogP contribution in [-0.2, 0) is 45.9 Å². The summed E-state index contributed by atoms with van der Waals surface area (Å²) in [5, 5.41) is 6.80. The Balaban J connectivity index is 0.000000219. The van der Waals surface area contributed by atoms with Crippen molar-refractivity contribution in [1.82, 2.24) is 10.6 Å². The molecule has 4 nitrogen and oxygen atoms in total. The lowest BCUT2D eigenvalue weighted by Crippen LogP contribution is -2.43. The molecule has 0 unspecified atom stereocenters. The average Bonchev–Trinajstić information content (AvgIpc) is 3.35. The zero-order valence-corrected chi connectivity index (χ0v) is 41.5. The number of hydrogen-bond acceptors (Lipinski definition) is 5. The van der Waals surface area contributed by atoms with Crippen LogP contribution >= 0.6 is 11.8 Å². The molecular weight excluding hydrogens is 903 g/mol. The van der Waals surface area contributed by atoms with Crippen LogP contribution in [0.3, 0.4) is 0 Å². The fraction of sp³-hybridized carbons (Fsp3) is 0.379. The Labute approximate surface area is 409 Å². The Morgan fingerprint density at radius 3 is 1.36 bits per heavy atom. The number of thioether (sulfide) groups is 1. The molecule has 2 N–H and O–H groups in total. The third kappa shape index (κ3) is 13.9. The van der Waals surface area contributed by atoms with Crippen LogP contribution < -0.4 is 10.6 Å². The molecule has 0 saturated carbocycles. The molecule has 6 aromatic rings. The number of rotatable bonds is 13. The third-order valence-corrected chi connectivity index (χ3v) is 14.0. The Bertz CT molecular complexity index is 2530. The maximum atomic E-state index is 13.8. The van der Waals surface area contributed by atoms with Crippen LogP contribution in [0.4, 0.5) is 26.3 Å². The fourth-order valence-corrected chi connectivity index (χ4v) is 10.5. The van der Waals surface area contributed by atoms with E-state index in [0.29, 0.717) is 35.5 Å². The zero-order chi connectivity index (χ0) is 49.7. The van der Waals surface area contributed by atoms with Gasteiger partial charge < -0.3 is 20.1 Å². The molecule has 0 radical (unpaired) electrons. The monoisotopic (exact) mass is 968 g/mol. The molecule has 2 saturated heterocycles. The lowest BCUT2D eigenvalue weighted by molar-refractivity contribution is -0.138.